The molecule has 0 saturated heterocycles. The van der Waals surface area contributed by atoms with E-state index in [-0.39, 0.29) is 23.9 Å². The Labute approximate surface area is 109 Å². The lowest BCUT2D eigenvalue weighted by Crippen LogP contribution is -2.35. The Balaban J connectivity index is 2.98. The highest BCUT2D eigenvalue weighted by molar-refractivity contribution is 6.33. The third-order valence-electron chi connectivity index (χ3n) is 2.28. The monoisotopic (exact) mass is 281 g/mol. The Kier molecular flexibility index (Phi) is 5.22. The molecule has 0 aromatic carbocycles. The van der Waals surface area contributed by atoms with Gasteiger partial charge in [0, 0.05) is 19.3 Å². The summed E-state index contributed by atoms with van der Waals surface area (Å²) < 4.78 is 37.4. The number of anilines is 1. The Morgan fingerprint density at radius 3 is 2.56 bits per heavy atom. The summed E-state index contributed by atoms with van der Waals surface area (Å²) >= 11 is 5.94. The fourth-order valence-electron chi connectivity index (χ4n) is 1.56. The largest absolute Gasteiger partial charge is 0.405 e. The van der Waals surface area contributed by atoms with Crippen molar-refractivity contribution in [1.82, 2.24) is 4.98 Å². The molecule has 0 saturated carbocycles. The lowest BCUT2D eigenvalue weighted by atomic mass is 10.2. The number of aromatic nitrogens is 1. The van der Waals surface area contributed by atoms with E-state index in [0.717, 1.165) is 4.90 Å². The molecular formula is C11H15ClF3N3. The summed E-state index contributed by atoms with van der Waals surface area (Å²) in [4.78, 5) is 5.09. The molecule has 0 atom stereocenters. The van der Waals surface area contributed by atoms with Crippen LogP contribution in [-0.2, 0) is 6.54 Å². The molecule has 0 amide bonds. The zero-order valence-electron chi connectivity index (χ0n) is 9.97. The van der Waals surface area contributed by atoms with Crippen LogP contribution >= 0.6 is 11.6 Å². The summed E-state index contributed by atoms with van der Waals surface area (Å²) in [6.45, 7) is 1.23. The fraction of sp³-hybridized carbons (Fsp3) is 0.545. The number of hydrogen-bond acceptors (Lipinski definition) is 3. The summed E-state index contributed by atoms with van der Waals surface area (Å²) in [5.41, 5.74) is 6.10. The summed E-state index contributed by atoms with van der Waals surface area (Å²) in [5, 5.41) is 0.190. The van der Waals surface area contributed by atoms with Crippen LogP contribution in [0.25, 0.3) is 0 Å². The summed E-state index contributed by atoms with van der Waals surface area (Å²) in [6.07, 6.45) is -2.26. The average Bonchev–Trinajstić information content (AvgIpc) is 2.26. The Morgan fingerprint density at radius 2 is 2.11 bits per heavy atom. The first kappa shape index (κ1) is 15.0. The second kappa shape index (κ2) is 6.24. The van der Waals surface area contributed by atoms with Gasteiger partial charge in [0.15, 0.2) is 0 Å². The molecule has 1 aromatic heterocycles. The molecule has 3 nitrogen and oxygen atoms in total. The Bertz CT molecular complexity index is 396. The van der Waals surface area contributed by atoms with Crippen LogP contribution in [0.1, 0.15) is 18.9 Å². The van der Waals surface area contributed by atoms with Crippen LogP contribution in [0.4, 0.5) is 19.0 Å². The Morgan fingerprint density at radius 1 is 1.44 bits per heavy atom. The van der Waals surface area contributed by atoms with Gasteiger partial charge in [0.25, 0.3) is 0 Å². The van der Waals surface area contributed by atoms with Crippen molar-refractivity contribution in [3.8, 4) is 0 Å². The van der Waals surface area contributed by atoms with Crippen molar-refractivity contribution in [2.75, 3.05) is 18.0 Å². The van der Waals surface area contributed by atoms with Crippen LogP contribution in [0.5, 0.6) is 0 Å². The standard InChI is InChI=1S/C11H15ClF3N3/c1-2-3-18(7-11(13,14)15)10-9(12)4-8(5-16)6-17-10/h4,6H,2-3,5,7,16H2,1H3. The second-order valence-corrected chi connectivity index (χ2v) is 4.30. The van der Waals surface area contributed by atoms with Gasteiger partial charge in [0.2, 0.25) is 0 Å². The van der Waals surface area contributed by atoms with Crippen LogP contribution in [0, 0.1) is 0 Å². The van der Waals surface area contributed by atoms with Crippen molar-refractivity contribution in [3.05, 3.63) is 22.8 Å². The molecule has 7 heteroatoms. The van der Waals surface area contributed by atoms with Crippen LogP contribution in [0.3, 0.4) is 0 Å². The molecule has 1 rings (SSSR count). The first-order valence-electron chi connectivity index (χ1n) is 5.53. The van der Waals surface area contributed by atoms with Gasteiger partial charge in [-0.25, -0.2) is 4.98 Å². The van der Waals surface area contributed by atoms with Crippen LogP contribution in [0.2, 0.25) is 5.02 Å². The molecule has 0 fully saturated rings. The van der Waals surface area contributed by atoms with Crippen LogP contribution in [0.15, 0.2) is 12.3 Å². The van der Waals surface area contributed by atoms with E-state index in [4.69, 9.17) is 17.3 Å². The number of pyridine rings is 1. The van der Waals surface area contributed by atoms with E-state index >= 15 is 0 Å². The van der Waals surface area contributed by atoms with Gasteiger partial charge in [0.1, 0.15) is 12.4 Å². The predicted octanol–water partition coefficient (Wildman–Crippen LogP) is 2.97. The zero-order chi connectivity index (χ0) is 13.8. The van der Waals surface area contributed by atoms with E-state index in [1.54, 1.807) is 13.0 Å². The minimum Gasteiger partial charge on any atom is -0.346 e. The van der Waals surface area contributed by atoms with E-state index in [2.05, 4.69) is 4.98 Å². The van der Waals surface area contributed by atoms with Gasteiger partial charge < -0.3 is 10.6 Å². The second-order valence-electron chi connectivity index (χ2n) is 3.89. The predicted molar refractivity (Wildman–Crippen MR) is 65.7 cm³/mol. The highest BCUT2D eigenvalue weighted by Gasteiger charge is 2.31. The molecule has 0 spiro atoms. The lowest BCUT2D eigenvalue weighted by Gasteiger charge is -2.25. The first-order valence-corrected chi connectivity index (χ1v) is 5.91. The third-order valence-corrected chi connectivity index (χ3v) is 2.56. The molecular weight excluding hydrogens is 267 g/mol. The van der Waals surface area contributed by atoms with Gasteiger partial charge in [0.05, 0.1) is 5.02 Å². The van der Waals surface area contributed by atoms with E-state index in [1.165, 1.54) is 6.20 Å². The fourth-order valence-corrected chi connectivity index (χ4v) is 1.87. The number of nitrogens with zero attached hydrogens (tertiary/aromatic N) is 2. The molecule has 102 valence electrons. The molecule has 0 aliphatic heterocycles. The van der Waals surface area contributed by atoms with E-state index in [1.807, 2.05) is 0 Å². The number of rotatable bonds is 5. The number of halogens is 4. The maximum absolute atomic E-state index is 12.5. The van der Waals surface area contributed by atoms with Gasteiger partial charge in [-0.3, -0.25) is 0 Å². The summed E-state index contributed by atoms with van der Waals surface area (Å²) in [7, 11) is 0. The van der Waals surface area contributed by atoms with Crippen molar-refractivity contribution < 1.29 is 13.2 Å². The summed E-state index contributed by atoms with van der Waals surface area (Å²) in [5.74, 6) is 0.146. The van der Waals surface area contributed by atoms with Gasteiger partial charge >= 0.3 is 6.18 Å². The molecule has 18 heavy (non-hydrogen) atoms. The normalized spacial score (nSPS) is 11.7. The highest BCUT2D eigenvalue weighted by Crippen LogP contribution is 2.27. The minimum atomic E-state index is -4.29. The van der Waals surface area contributed by atoms with Gasteiger partial charge in [-0.05, 0) is 18.1 Å². The van der Waals surface area contributed by atoms with Crippen molar-refractivity contribution in [2.24, 2.45) is 5.73 Å². The van der Waals surface area contributed by atoms with E-state index in [0.29, 0.717) is 12.0 Å². The minimum absolute atomic E-state index is 0.146. The van der Waals surface area contributed by atoms with Crippen molar-refractivity contribution in [2.45, 2.75) is 26.1 Å². The maximum atomic E-state index is 12.5. The summed E-state index contributed by atoms with van der Waals surface area (Å²) in [6, 6.07) is 1.54. The molecule has 0 radical (unpaired) electrons. The topological polar surface area (TPSA) is 42.2 Å². The molecule has 0 aliphatic carbocycles. The molecule has 2 N–H and O–H groups in total. The zero-order valence-corrected chi connectivity index (χ0v) is 10.7. The number of hydrogen-bond donors (Lipinski definition) is 1. The van der Waals surface area contributed by atoms with E-state index in [9.17, 15) is 13.2 Å². The van der Waals surface area contributed by atoms with Gasteiger partial charge in [-0.2, -0.15) is 13.2 Å². The van der Waals surface area contributed by atoms with Crippen LogP contribution in [-0.4, -0.2) is 24.2 Å². The molecule has 1 aromatic rings. The highest BCUT2D eigenvalue weighted by atomic mass is 35.5. The average molecular weight is 282 g/mol. The molecule has 0 bridgehead atoms. The van der Waals surface area contributed by atoms with Crippen molar-refractivity contribution in [1.29, 1.82) is 0 Å². The van der Waals surface area contributed by atoms with Crippen molar-refractivity contribution in [3.63, 3.8) is 0 Å². The van der Waals surface area contributed by atoms with Gasteiger partial charge in [-0.15, -0.1) is 0 Å². The third kappa shape index (κ3) is 4.34. The van der Waals surface area contributed by atoms with Crippen LogP contribution < -0.4 is 10.6 Å². The number of nitrogens with two attached hydrogens (primary N) is 1. The first-order chi connectivity index (χ1) is 8.37. The van der Waals surface area contributed by atoms with Crippen molar-refractivity contribution >= 4 is 17.4 Å². The lowest BCUT2D eigenvalue weighted by molar-refractivity contribution is -0.119. The smallest absolute Gasteiger partial charge is 0.346 e. The maximum Gasteiger partial charge on any atom is 0.405 e. The Hall–Kier alpha value is -1.01. The quantitative estimate of drug-likeness (QED) is 0.902. The number of alkyl halides is 3. The molecule has 1 heterocycles. The molecule has 0 unspecified atom stereocenters. The molecule has 0 aliphatic rings. The van der Waals surface area contributed by atoms with Gasteiger partial charge in [-0.1, -0.05) is 18.5 Å². The van der Waals surface area contributed by atoms with E-state index < -0.39 is 12.7 Å². The SMILES string of the molecule is CCCN(CC(F)(F)F)c1ncc(CN)cc1Cl.